The van der Waals surface area contributed by atoms with E-state index in [1.807, 2.05) is 80.8 Å². The molecule has 0 fully saturated rings. The van der Waals surface area contributed by atoms with E-state index >= 15 is 0 Å². The van der Waals surface area contributed by atoms with Gasteiger partial charge in [0.05, 0.1) is 0 Å². The Bertz CT molecular complexity index is 1440. The molecule has 0 aliphatic rings. The van der Waals surface area contributed by atoms with E-state index in [9.17, 15) is 4.79 Å². The smallest absolute Gasteiger partial charge is 0.253 e. The van der Waals surface area contributed by atoms with Crippen molar-refractivity contribution in [1.82, 2.24) is 24.9 Å². The van der Waals surface area contributed by atoms with Crippen molar-refractivity contribution >= 4 is 34.4 Å². The average Bonchev–Trinajstić information content (AvgIpc) is 3.47. The fourth-order valence-electron chi connectivity index (χ4n) is 4.22. The molecule has 3 heterocycles. The second-order valence-corrected chi connectivity index (χ2v) is 8.94. The summed E-state index contributed by atoms with van der Waals surface area (Å²) in [7, 11) is 0. The molecule has 1 atom stereocenters. The monoisotopic (exact) mass is 471 g/mol. The van der Waals surface area contributed by atoms with Crippen LogP contribution in [0.25, 0.3) is 16.7 Å². The van der Waals surface area contributed by atoms with Gasteiger partial charge in [0.25, 0.3) is 5.78 Å². The zero-order chi connectivity index (χ0) is 23.7. The lowest BCUT2D eigenvalue weighted by molar-refractivity contribution is -0.121. The number of para-hydroxylation sites is 1. The molecule has 34 heavy (non-hydrogen) atoms. The third-order valence-electron chi connectivity index (χ3n) is 5.98. The number of hydrogen-bond donors (Lipinski definition) is 1. The van der Waals surface area contributed by atoms with E-state index in [-0.39, 0.29) is 11.9 Å². The van der Waals surface area contributed by atoms with Gasteiger partial charge >= 0.3 is 0 Å². The molecule has 0 aliphatic carbocycles. The largest absolute Gasteiger partial charge is 0.459 e. The molecule has 1 amide bonds. The number of nitrogens with zero attached hydrogens (tertiary/aromatic N) is 4. The lowest BCUT2D eigenvalue weighted by Crippen LogP contribution is -2.29. The van der Waals surface area contributed by atoms with E-state index < -0.39 is 0 Å². The van der Waals surface area contributed by atoms with Gasteiger partial charge in [-0.2, -0.15) is 4.98 Å². The highest BCUT2D eigenvalue weighted by atomic mass is 32.2. The maximum Gasteiger partial charge on any atom is 0.253 e. The minimum atomic E-state index is -0.372. The number of amides is 1. The van der Waals surface area contributed by atoms with Gasteiger partial charge in [-0.05, 0) is 49.8 Å². The number of furan rings is 1. The Morgan fingerprint density at radius 3 is 2.62 bits per heavy atom. The van der Waals surface area contributed by atoms with Gasteiger partial charge in [-0.1, -0.05) is 60.3 Å². The average molecular weight is 472 g/mol. The van der Waals surface area contributed by atoms with Crippen LogP contribution < -0.4 is 5.32 Å². The minimum Gasteiger partial charge on any atom is -0.459 e. The third-order valence-corrected chi connectivity index (χ3v) is 6.52. The maximum atomic E-state index is 13.1. The molecule has 0 bridgehead atoms. The molecule has 0 saturated carbocycles. The van der Waals surface area contributed by atoms with Gasteiger partial charge in [0.2, 0.25) is 11.1 Å². The van der Waals surface area contributed by atoms with Crippen LogP contribution >= 0.6 is 11.8 Å². The number of aromatic nitrogens is 4. The van der Waals surface area contributed by atoms with E-state index in [4.69, 9.17) is 4.42 Å². The summed E-state index contributed by atoms with van der Waals surface area (Å²) in [5, 5.41) is 9.37. The van der Waals surface area contributed by atoms with Crippen molar-refractivity contribution < 1.29 is 9.21 Å². The number of carbonyl (C=O) groups is 1. The van der Waals surface area contributed by atoms with E-state index in [0.717, 1.165) is 33.5 Å². The van der Waals surface area contributed by atoms with Crippen molar-refractivity contribution in [3.05, 3.63) is 88.9 Å². The van der Waals surface area contributed by atoms with Crippen LogP contribution in [0, 0.1) is 13.8 Å². The van der Waals surface area contributed by atoms with E-state index in [1.54, 1.807) is 4.52 Å². The first-order chi connectivity index (χ1) is 16.5. The molecule has 7 nitrogen and oxygen atoms in total. The zero-order valence-corrected chi connectivity index (χ0v) is 20.1. The molecule has 172 valence electrons. The molecule has 0 radical (unpaired) electrons. The Morgan fingerprint density at radius 2 is 1.85 bits per heavy atom. The highest BCUT2D eigenvalue weighted by Crippen LogP contribution is 2.28. The molecule has 0 spiro atoms. The maximum absolute atomic E-state index is 13.1. The number of thioether (sulfide) groups is 1. The van der Waals surface area contributed by atoms with Crippen molar-refractivity contribution in [3.8, 4) is 0 Å². The topological polar surface area (TPSA) is 85.3 Å². The van der Waals surface area contributed by atoms with Gasteiger partial charge in [0.1, 0.15) is 17.4 Å². The van der Waals surface area contributed by atoms with Crippen LogP contribution in [0.4, 0.5) is 0 Å². The second-order valence-electron chi connectivity index (χ2n) is 8.17. The molecular formula is C26H25N5O2S. The zero-order valence-electron chi connectivity index (χ0n) is 19.3. The van der Waals surface area contributed by atoms with Crippen LogP contribution in [-0.4, -0.2) is 31.7 Å². The van der Waals surface area contributed by atoms with Crippen LogP contribution in [0.15, 0.2) is 70.2 Å². The van der Waals surface area contributed by atoms with Crippen molar-refractivity contribution in [2.45, 2.75) is 37.9 Å². The number of hydrogen-bond acceptors (Lipinski definition) is 6. The van der Waals surface area contributed by atoms with Crippen LogP contribution in [0.5, 0.6) is 0 Å². The summed E-state index contributed by atoms with van der Waals surface area (Å²) in [6, 6.07) is 19.4. The van der Waals surface area contributed by atoms with E-state index in [1.165, 1.54) is 11.8 Å². The van der Waals surface area contributed by atoms with Crippen molar-refractivity contribution in [2.24, 2.45) is 0 Å². The summed E-state index contributed by atoms with van der Waals surface area (Å²) in [6.45, 7) is 3.95. The molecule has 8 heteroatoms. The predicted molar refractivity (Wildman–Crippen MR) is 133 cm³/mol. The Hall–Kier alpha value is -3.65. The number of carbonyl (C=O) groups excluding carboxylic acids is 1. The van der Waals surface area contributed by atoms with Gasteiger partial charge in [0.15, 0.2) is 0 Å². The first-order valence-corrected chi connectivity index (χ1v) is 12.4. The van der Waals surface area contributed by atoms with Gasteiger partial charge in [0, 0.05) is 23.2 Å². The number of fused-ring (bicyclic) bond motifs is 2. The van der Waals surface area contributed by atoms with Gasteiger partial charge in [-0.25, -0.2) is 9.50 Å². The van der Waals surface area contributed by atoms with Gasteiger partial charge in [-0.15, -0.1) is 5.10 Å². The molecule has 0 saturated heterocycles. The summed E-state index contributed by atoms with van der Waals surface area (Å²) in [6.07, 6.45) is 2.82. The summed E-state index contributed by atoms with van der Waals surface area (Å²) in [4.78, 5) is 22.1. The fourth-order valence-corrected chi connectivity index (χ4v) is 4.56. The third kappa shape index (κ3) is 4.28. The van der Waals surface area contributed by atoms with Gasteiger partial charge in [-0.3, -0.25) is 4.79 Å². The van der Waals surface area contributed by atoms with E-state index in [0.29, 0.717) is 29.5 Å². The van der Waals surface area contributed by atoms with Crippen molar-refractivity contribution in [3.63, 3.8) is 0 Å². The number of aryl methyl sites for hydroxylation is 2. The van der Waals surface area contributed by atoms with Crippen molar-refractivity contribution in [2.75, 3.05) is 6.26 Å². The SMILES string of the molecule is CSc1nc2nc(C)c(CCC(=O)NC(c3ccccc3)c3cc4ccccc4o3)c(C)n2n1. The lowest BCUT2D eigenvalue weighted by Gasteiger charge is -2.18. The Morgan fingerprint density at radius 1 is 1.09 bits per heavy atom. The van der Waals surface area contributed by atoms with Crippen molar-refractivity contribution in [1.29, 1.82) is 0 Å². The van der Waals surface area contributed by atoms with Crippen LogP contribution in [0.3, 0.4) is 0 Å². The lowest BCUT2D eigenvalue weighted by atomic mass is 10.0. The number of rotatable bonds is 7. The summed E-state index contributed by atoms with van der Waals surface area (Å²) >= 11 is 1.48. The van der Waals surface area contributed by atoms with E-state index in [2.05, 4.69) is 20.4 Å². The quantitative estimate of drug-likeness (QED) is 0.335. The molecule has 5 rings (SSSR count). The fraction of sp³-hybridized carbons (Fsp3) is 0.231. The Kier molecular flexibility index (Phi) is 6.06. The molecule has 1 N–H and O–H groups in total. The molecular weight excluding hydrogens is 446 g/mol. The molecule has 1 unspecified atom stereocenters. The summed E-state index contributed by atoms with van der Waals surface area (Å²) < 4.78 is 7.86. The Balaban J connectivity index is 1.38. The number of benzene rings is 2. The molecule has 0 aliphatic heterocycles. The van der Waals surface area contributed by atoms with Crippen LogP contribution in [0.1, 0.15) is 40.7 Å². The van der Waals surface area contributed by atoms with Crippen LogP contribution in [-0.2, 0) is 11.2 Å². The van der Waals surface area contributed by atoms with Crippen LogP contribution in [0.2, 0.25) is 0 Å². The Labute approximate surface area is 201 Å². The summed E-state index contributed by atoms with van der Waals surface area (Å²) in [5.41, 5.74) is 4.61. The second kappa shape index (κ2) is 9.30. The normalized spacial score (nSPS) is 12.3. The van der Waals surface area contributed by atoms with Gasteiger partial charge < -0.3 is 9.73 Å². The number of nitrogens with one attached hydrogen (secondary N) is 1. The molecule has 3 aromatic heterocycles. The molecule has 5 aromatic rings. The standard InChI is InChI=1S/C26H25N5O2S/c1-16-20(17(2)31-25(27-16)29-26(30-31)34-3)13-14-23(32)28-24(18-9-5-4-6-10-18)22-15-19-11-7-8-12-21(19)33-22/h4-12,15,24H,13-14H2,1-3H3,(H,28,32). The molecule has 2 aromatic carbocycles. The first-order valence-electron chi connectivity index (χ1n) is 11.1. The predicted octanol–water partition coefficient (Wildman–Crippen LogP) is 5.05. The minimum absolute atomic E-state index is 0.0587. The highest BCUT2D eigenvalue weighted by Gasteiger charge is 2.21. The summed E-state index contributed by atoms with van der Waals surface area (Å²) in [5.74, 6) is 1.24. The first kappa shape index (κ1) is 22.2. The highest BCUT2D eigenvalue weighted by molar-refractivity contribution is 7.98.